The van der Waals surface area contributed by atoms with E-state index in [0.29, 0.717) is 43.5 Å². The van der Waals surface area contributed by atoms with E-state index >= 15 is 0 Å². The maximum absolute atomic E-state index is 13.0. The van der Waals surface area contributed by atoms with Crippen molar-refractivity contribution >= 4 is 23.5 Å². The summed E-state index contributed by atoms with van der Waals surface area (Å²) in [5.74, 6) is -0.849. The molecule has 1 N–H and O–H groups in total. The maximum atomic E-state index is 13.0. The number of benzene rings is 2. The molecule has 29 heavy (non-hydrogen) atoms. The molecule has 0 atom stereocenters. The molecule has 8 heteroatoms. The third kappa shape index (κ3) is 6.17. The van der Waals surface area contributed by atoms with E-state index in [0.717, 1.165) is 11.1 Å². The number of piperazine rings is 1. The highest BCUT2D eigenvalue weighted by Crippen LogP contribution is 2.25. The summed E-state index contributed by atoms with van der Waals surface area (Å²) >= 11 is 6.08. The van der Waals surface area contributed by atoms with Gasteiger partial charge in [-0.05, 0) is 35.9 Å². The second-order valence-corrected chi connectivity index (χ2v) is 7.33. The van der Waals surface area contributed by atoms with Gasteiger partial charge in [-0.2, -0.15) is 0 Å². The summed E-state index contributed by atoms with van der Waals surface area (Å²) < 4.78 is 18.3. The number of hydrogen-bond acceptors (Lipinski definition) is 4. The van der Waals surface area contributed by atoms with Crippen molar-refractivity contribution in [1.82, 2.24) is 9.80 Å². The third-order valence-corrected chi connectivity index (χ3v) is 5.00. The highest BCUT2D eigenvalue weighted by Gasteiger charge is 2.22. The van der Waals surface area contributed by atoms with Crippen molar-refractivity contribution < 1.29 is 23.8 Å². The largest absolute Gasteiger partial charge is 0.482 e. The van der Waals surface area contributed by atoms with Crippen LogP contribution in [0.5, 0.6) is 5.75 Å². The minimum Gasteiger partial charge on any atom is -0.482 e. The van der Waals surface area contributed by atoms with Crippen molar-refractivity contribution in [3.63, 3.8) is 0 Å². The highest BCUT2D eigenvalue weighted by molar-refractivity contribution is 6.30. The first kappa shape index (κ1) is 21.1. The van der Waals surface area contributed by atoms with Crippen LogP contribution in [0, 0.1) is 5.82 Å². The standard InChI is InChI=1S/C21H22ClFN2O4/c22-17-3-6-19(29-14-21(27)28)16(12-17)13-24-7-9-25(10-8-24)20(26)11-15-1-4-18(23)5-2-15/h1-6,12H,7-11,13-14H2,(H,27,28). The lowest BCUT2D eigenvalue weighted by atomic mass is 10.1. The monoisotopic (exact) mass is 420 g/mol. The lowest BCUT2D eigenvalue weighted by Gasteiger charge is -2.35. The van der Waals surface area contributed by atoms with Crippen LogP contribution in [-0.2, 0) is 22.6 Å². The smallest absolute Gasteiger partial charge is 0.341 e. The Hall–Kier alpha value is -2.64. The summed E-state index contributed by atoms with van der Waals surface area (Å²) in [7, 11) is 0. The minimum absolute atomic E-state index is 0.0181. The minimum atomic E-state index is -1.04. The first-order valence-electron chi connectivity index (χ1n) is 9.28. The van der Waals surface area contributed by atoms with E-state index in [1.807, 2.05) is 0 Å². The first-order valence-corrected chi connectivity index (χ1v) is 9.66. The molecule has 0 unspecified atom stereocenters. The van der Waals surface area contributed by atoms with E-state index in [4.69, 9.17) is 21.4 Å². The molecule has 6 nitrogen and oxygen atoms in total. The molecule has 1 aliphatic rings. The van der Waals surface area contributed by atoms with Crippen LogP contribution in [-0.4, -0.2) is 59.6 Å². The summed E-state index contributed by atoms with van der Waals surface area (Å²) in [6.45, 7) is 2.67. The Morgan fingerprint density at radius 1 is 1.07 bits per heavy atom. The van der Waals surface area contributed by atoms with E-state index < -0.39 is 12.6 Å². The fraction of sp³-hybridized carbons (Fsp3) is 0.333. The fourth-order valence-electron chi connectivity index (χ4n) is 3.24. The zero-order valence-electron chi connectivity index (χ0n) is 15.8. The second kappa shape index (κ2) is 9.71. The zero-order chi connectivity index (χ0) is 20.8. The number of carbonyl (C=O) groups is 2. The van der Waals surface area contributed by atoms with Gasteiger partial charge in [-0.3, -0.25) is 9.69 Å². The number of rotatable bonds is 7. The fourth-order valence-corrected chi connectivity index (χ4v) is 3.43. The Kier molecular flexibility index (Phi) is 7.06. The van der Waals surface area contributed by atoms with Gasteiger partial charge < -0.3 is 14.7 Å². The van der Waals surface area contributed by atoms with Gasteiger partial charge in [0.05, 0.1) is 6.42 Å². The Morgan fingerprint density at radius 3 is 2.41 bits per heavy atom. The Morgan fingerprint density at radius 2 is 1.76 bits per heavy atom. The third-order valence-electron chi connectivity index (χ3n) is 4.76. The van der Waals surface area contributed by atoms with Crippen LogP contribution in [0.4, 0.5) is 4.39 Å². The second-order valence-electron chi connectivity index (χ2n) is 6.89. The van der Waals surface area contributed by atoms with Crippen LogP contribution >= 0.6 is 11.6 Å². The number of nitrogens with zero attached hydrogens (tertiary/aromatic N) is 2. The number of carboxylic acids is 1. The molecule has 0 aromatic heterocycles. The molecule has 0 spiro atoms. The average Bonchev–Trinajstić information content (AvgIpc) is 2.69. The highest BCUT2D eigenvalue weighted by atomic mass is 35.5. The number of halogens is 2. The summed E-state index contributed by atoms with van der Waals surface area (Å²) in [6, 6.07) is 11.1. The molecule has 154 valence electrons. The van der Waals surface area contributed by atoms with Crippen LogP contribution in [0.3, 0.4) is 0 Å². The van der Waals surface area contributed by atoms with Crippen molar-refractivity contribution in [3.05, 3.63) is 64.4 Å². The van der Waals surface area contributed by atoms with Gasteiger partial charge in [0.25, 0.3) is 0 Å². The first-order chi connectivity index (χ1) is 13.9. The van der Waals surface area contributed by atoms with E-state index in [1.165, 1.54) is 12.1 Å². The van der Waals surface area contributed by atoms with Gasteiger partial charge in [0, 0.05) is 43.3 Å². The normalized spacial score (nSPS) is 14.6. The molecule has 0 saturated carbocycles. The zero-order valence-corrected chi connectivity index (χ0v) is 16.6. The van der Waals surface area contributed by atoms with Crippen LogP contribution in [0.15, 0.2) is 42.5 Å². The molecule has 0 radical (unpaired) electrons. The molecular formula is C21H22ClFN2O4. The molecule has 0 aliphatic carbocycles. The average molecular weight is 421 g/mol. The van der Waals surface area contributed by atoms with Crippen LogP contribution in [0.2, 0.25) is 5.02 Å². The molecular weight excluding hydrogens is 399 g/mol. The van der Waals surface area contributed by atoms with E-state index in [-0.39, 0.29) is 18.1 Å². The number of carboxylic acid groups (broad SMARTS) is 1. The topological polar surface area (TPSA) is 70.1 Å². The van der Waals surface area contributed by atoms with Crippen molar-refractivity contribution in [2.45, 2.75) is 13.0 Å². The lowest BCUT2D eigenvalue weighted by Crippen LogP contribution is -2.48. The van der Waals surface area contributed by atoms with Gasteiger partial charge >= 0.3 is 5.97 Å². The number of hydrogen-bond donors (Lipinski definition) is 1. The molecule has 1 fully saturated rings. The van der Waals surface area contributed by atoms with Gasteiger partial charge in [-0.25, -0.2) is 9.18 Å². The van der Waals surface area contributed by atoms with Gasteiger partial charge in [-0.1, -0.05) is 23.7 Å². The van der Waals surface area contributed by atoms with Crippen LogP contribution in [0.1, 0.15) is 11.1 Å². The van der Waals surface area contributed by atoms with Gasteiger partial charge in [-0.15, -0.1) is 0 Å². The number of aliphatic carboxylic acids is 1. The molecule has 3 rings (SSSR count). The van der Waals surface area contributed by atoms with Gasteiger partial charge in [0.1, 0.15) is 11.6 Å². The predicted octanol–water partition coefficient (Wildman–Crippen LogP) is 2.83. The molecule has 1 amide bonds. The van der Waals surface area contributed by atoms with Crippen LogP contribution < -0.4 is 4.74 Å². The summed E-state index contributed by atoms with van der Waals surface area (Å²) in [4.78, 5) is 27.2. The van der Waals surface area contributed by atoms with Crippen LogP contribution in [0.25, 0.3) is 0 Å². The van der Waals surface area contributed by atoms with Crippen molar-refractivity contribution in [1.29, 1.82) is 0 Å². The quantitative estimate of drug-likeness (QED) is 0.745. The lowest BCUT2D eigenvalue weighted by molar-refractivity contribution is -0.139. The van der Waals surface area contributed by atoms with E-state index in [2.05, 4.69) is 4.90 Å². The SMILES string of the molecule is O=C(O)COc1ccc(Cl)cc1CN1CCN(C(=O)Cc2ccc(F)cc2)CC1. The Labute approximate surface area is 173 Å². The number of amides is 1. The summed E-state index contributed by atoms with van der Waals surface area (Å²) in [5, 5.41) is 9.38. The molecule has 1 heterocycles. The molecule has 1 aliphatic heterocycles. The van der Waals surface area contributed by atoms with E-state index in [9.17, 15) is 14.0 Å². The molecule has 2 aromatic rings. The van der Waals surface area contributed by atoms with E-state index in [1.54, 1.807) is 35.2 Å². The van der Waals surface area contributed by atoms with Gasteiger partial charge in [0.2, 0.25) is 5.91 Å². The molecule has 2 aromatic carbocycles. The van der Waals surface area contributed by atoms with Crippen molar-refractivity contribution in [2.24, 2.45) is 0 Å². The molecule has 1 saturated heterocycles. The maximum Gasteiger partial charge on any atom is 0.341 e. The van der Waals surface area contributed by atoms with Crippen molar-refractivity contribution in [2.75, 3.05) is 32.8 Å². The summed E-state index contributed by atoms with van der Waals surface area (Å²) in [5.41, 5.74) is 1.60. The number of ether oxygens (including phenoxy) is 1. The van der Waals surface area contributed by atoms with Crippen molar-refractivity contribution in [3.8, 4) is 5.75 Å². The Bertz CT molecular complexity index is 867. The Balaban J connectivity index is 1.54. The molecule has 0 bridgehead atoms. The van der Waals surface area contributed by atoms with Gasteiger partial charge in [0.15, 0.2) is 6.61 Å². The predicted molar refractivity (Wildman–Crippen MR) is 107 cm³/mol. The number of carbonyl (C=O) groups excluding carboxylic acids is 1. The summed E-state index contributed by atoms with van der Waals surface area (Å²) in [6.07, 6.45) is 0.252.